The standard InChI is InChI=1S/C13H13F3N2O/c14-13(15,16)6-3-7-17-12(19)11-8-9-4-1-2-5-10(9)18-11/h1-2,4-5,8,18H,3,6-7H2,(H,17,19). The summed E-state index contributed by atoms with van der Waals surface area (Å²) in [5, 5.41) is 3.35. The first-order valence-electron chi connectivity index (χ1n) is 5.88. The molecule has 0 saturated heterocycles. The molecule has 1 aromatic carbocycles. The van der Waals surface area contributed by atoms with Gasteiger partial charge in [0, 0.05) is 23.9 Å². The Labute approximate surface area is 107 Å². The molecule has 6 heteroatoms. The minimum absolute atomic E-state index is 0.00765. The molecule has 0 aliphatic heterocycles. The number of hydrogen-bond donors (Lipinski definition) is 2. The normalized spacial score (nSPS) is 11.7. The number of nitrogens with one attached hydrogen (secondary N) is 2. The average Bonchev–Trinajstić information content (AvgIpc) is 2.77. The Morgan fingerprint density at radius 2 is 2.00 bits per heavy atom. The van der Waals surface area contributed by atoms with Crippen molar-refractivity contribution in [3.05, 3.63) is 36.0 Å². The summed E-state index contributed by atoms with van der Waals surface area (Å²) in [6.45, 7) is 0.00765. The summed E-state index contributed by atoms with van der Waals surface area (Å²) in [7, 11) is 0. The number of benzene rings is 1. The van der Waals surface area contributed by atoms with E-state index in [0.29, 0.717) is 5.69 Å². The first kappa shape index (κ1) is 13.5. The van der Waals surface area contributed by atoms with Gasteiger partial charge in [0.15, 0.2) is 0 Å². The minimum Gasteiger partial charge on any atom is -0.351 e. The molecule has 0 saturated carbocycles. The lowest BCUT2D eigenvalue weighted by molar-refractivity contribution is -0.135. The number of para-hydroxylation sites is 1. The molecule has 0 bridgehead atoms. The summed E-state index contributed by atoms with van der Waals surface area (Å²) >= 11 is 0. The molecular weight excluding hydrogens is 257 g/mol. The molecule has 3 nitrogen and oxygen atoms in total. The van der Waals surface area contributed by atoms with Crippen LogP contribution in [-0.4, -0.2) is 23.6 Å². The Hall–Kier alpha value is -1.98. The highest BCUT2D eigenvalue weighted by molar-refractivity contribution is 5.97. The number of hydrogen-bond acceptors (Lipinski definition) is 1. The van der Waals surface area contributed by atoms with E-state index in [1.165, 1.54) is 0 Å². The number of fused-ring (bicyclic) bond motifs is 1. The van der Waals surface area contributed by atoms with E-state index in [9.17, 15) is 18.0 Å². The van der Waals surface area contributed by atoms with Gasteiger partial charge in [0.1, 0.15) is 5.69 Å². The summed E-state index contributed by atoms with van der Waals surface area (Å²) in [5.41, 5.74) is 1.18. The molecule has 1 heterocycles. The quantitative estimate of drug-likeness (QED) is 0.823. The number of rotatable bonds is 4. The number of carbonyl (C=O) groups excluding carboxylic acids is 1. The van der Waals surface area contributed by atoms with E-state index in [1.807, 2.05) is 24.3 Å². The molecule has 19 heavy (non-hydrogen) atoms. The maximum Gasteiger partial charge on any atom is 0.389 e. The van der Waals surface area contributed by atoms with Crippen LogP contribution in [0, 0.1) is 0 Å². The fourth-order valence-corrected chi connectivity index (χ4v) is 1.78. The van der Waals surface area contributed by atoms with Crippen LogP contribution < -0.4 is 5.32 Å². The van der Waals surface area contributed by atoms with Gasteiger partial charge in [-0.3, -0.25) is 4.79 Å². The average molecular weight is 270 g/mol. The second-order valence-corrected chi connectivity index (χ2v) is 4.24. The molecule has 0 aliphatic carbocycles. The van der Waals surface area contributed by atoms with Gasteiger partial charge in [-0.15, -0.1) is 0 Å². The van der Waals surface area contributed by atoms with Crippen molar-refractivity contribution in [2.45, 2.75) is 19.0 Å². The summed E-state index contributed by atoms with van der Waals surface area (Å²) in [6.07, 6.45) is -5.18. The van der Waals surface area contributed by atoms with Crippen molar-refractivity contribution in [3.63, 3.8) is 0 Å². The second-order valence-electron chi connectivity index (χ2n) is 4.24. The molecule has 1 aromatic heterocycles. The number of halogens is 3. The Bertz CT molecular complexity index is 542. The number of aromatic amines is 1. The number of H-pyrrole nitrogens is 1. The molecule has 2 aromatic rings. The number of amides is 1. The largest absolute Gasteiger partial charge is 0.389 e. The first-order chi connectivity index (χ1) is 8.96. The molecule has 2 N–H and O–H groups in total. The van der Waals surface area contributed by atoms with Crippen molar-refractivity contribution in [3.8, 4) is 0 Å². The lowest BCUT2D eigenvalue weighted by Gasteiger charge is -2.06. The van der Waals surface area contributed by atoms with Crippen LogP contribution in [0.3, 0.4) is 0 Å². The van der Waals surface area contributed by atoms with Gasteiger partial charge in [-0.2, -0.15) is 13.2 Å². The van der Waals surface area contributed by atoms with Crippen LogP contribution in [0.2, 0.25) is 0 Å². The van der Waals surface area contributed by atoms with Crippen LogP contribution in [-0.2, 0) is 0 Å². The Morgan fingerprint density at radius 1 is 1.26 bits per heavy atom. The molecule has 0 fully saturated rings. The molecule has 0 atom stereocenters. The van der Waals surface area contributed by atoms with Gasteiger partial charge in [-0.25, -0.2) is 0 Å². The highest BCUT2D eigenvalue weighted by Gasteiger charge is 2.26. The summed E-state index contributed by atoms with van der Waals surface area (Å²) in [6, 6.07) is 9.04. The zero-order chi connectivity index (χ0) is 13.9. The van der Waals surface area contributed by atoms with Gasteiger partial charge in [0.05, 0.1) is 0 Å². The highest BCUT2D eigenvalue weighted by Crippen LogP contribution is 2.20. The van der Waals surface area contributed by atoms with Crippen LogP contribution in [0.25, 0.3) is 10.9 Å². The van der Waals surface area contributed by atoms with Crippen molar-refractivity contribution in [2.24, 2.45) is 0 Å². The Morgan fingerprint density at radius 3 is 2.68 bits per heavy atom. The summed E-state index contributed by atoms with van der Waals surface area (Å²) in [5.74, 6) is -0.390. The maximum atomic E-state index is 11.9. The summed E-state index contributed by atoms with van der Waals surface area (Å²) < 4.78 is 35.8. The van der Waals surface area contributed by atoms with E-state index in [0.717, 1.165) is 10.9 Å². The van der Waals surface area contributed by atoms with Crippen LogP contribution >= 0.6 is 0 Å². The van der Waals surface area contributed by atoms with Gasteiger partial charge >= 0.3 is 6.18 Å². The van der Waals surface area contributed by atoms with E-state index < -0.39 is 18.5 Å². The number of alkyl halides is 3. The third kappa shape index (κ3) is 3.74. The molecule has 1 amide bonds. The molecule has 0 spiro atoms. The Balaban J connectivity index is 1.89. The van der Waals surface area contributed by atoms with Crippen LogP contribution in [0.4, 0.5) is 13.2 Å². The zero-order valence-electron chi connectivity index (χ0n) is 10.1. The van der Waals surface area contributed by atoms with Crippen molar-refractivity contribution in [1.82, 2.24) is 10.3 Å². The molecule has 0 radical (unpaired) electrons. The molecule has 0 unspecified atom stereocenters. The van der Waals surface area contributed by atoms with Crippen LogP contribution in [0.5, 0.6) is 0 Å². The highest BCUT2D eigenvalue weighted by atomic mass is 19.4. The third-order valence-electron chi connectivity index (χ3n) is 2.70. The van der Waals surface area contributed by atoms with Crippen LogP contribution in [0.1, 0.15) is 23.3 Å². The predicted molar refractivity (Wildman–Crippen MR) is 65.9 cm³/mol. The van der Waals surface area contributed by atoms with E-state index in [4.69, 9.17) is 0 Å². The van der Waals surface area contributed by atoms with Gasteiger partial charge in [0.25, 0.3) is 5.91 Å². The SMILES string of the molecule is O=C(NCCCC(F)(F)F)c1cc2ccccc2[nH]1. The summed E-state index contributed by atoms with van der Waals surface area (Å²) in [4.78, 5) is 14.6. The zero-order valence-corrected chi connectivity index (χ0v) is 10.1. The first-order valence-corrected chi connectivity index (χ1v) is 5.88. The second kappa shape index (κ2) is 5.34. The molecule has 2 rings (SSSR count). The maximum absolute atomic E-state index is 11.9. The molecule has 102 valence electrons. The van der Waals surface area contributed by atoms with E-state index in [2.05, 4.69) is 10.3 Å². The van der Waals surface area contributed by atoms with Crippen molar-refractivity contribution >= 4 is 16.8 Å². The van der Waals surface area contributed by atoms with Gasteiger partial charge in [0.2, 0.25) is 0 Å². The van der Waals surface area contributed by atoms with Crippen molar-refractivity contribution in [2.75, 3.05) is 6.54 Å². The predicted octanol–water partition coefficient (Wildman–Crippen LogP) is 3.24. The molecular formula is C13H13F3N2O. The third-order valence-corrected chi connectivity index (χ3v) is 2.70. The Kier molecular flexibility index (Phi) is 3.78. The van der Waals surface area contributed by atoms with E-state index in [1.54, 1.807) is 6.07 Å². The van der Waals surface area contributed by atoms with E-state index >= 15 is 0 Å². The van der Waals surface area contributed by atoms with Crippen molar-refractivity contribution in [1.29, 1.82) is 0 Å². The topological polar surface area (TPSA) is 44.9 Å². The van der Waals surface area contributed by atoms with Gasteiger partial charge in [-0.1, -0.05) is 18.2 Å². The van der Waals surface area contributed by atoms with Gasteiger partial charge < -0.3 is 10.3 Å². The fourth-order valence-electron chi connectivity index (χ4n) is 1.78. The number of aromatic nitrogens is 1. The fraction of sp³-hybridized carbons (Fsp3) is 0.308. The molecule has 0 aliphatic rings. The minimum atomic E-state index is -4.17. The smallest absolute Gasteiger partial charge is 0.351 e. The van der Waals surface area contributed by atoms with Gasteiger partial charge in [-0.05, 0) is 18.6 Å². The van der Waals surface area contributed by atoms with Crippen molar-refractivity contribution < 1.29 is 18.0 Å². The monoisotopic (exact) mass is 270 g/mol. The van der Waals surface area contributed by atoms with Crippen LogP contribution in [0.15, 0.2) is 30.3 Å². The van der Waals surface area contributed by atoms with E-state index in [-0.39, 0.29) is 13.0 Å². The lowest BCUT2D eigenvalue weighted by Crippen LogP contribution is -2.25. The lowest BCUT2D eigenvalue weighted by atomic mass is 10.2. The number of carbonyl (C=O) groups is 1.